The number of carbonyl (C=O) groups excluding carboxylic acids is 5. The van der Waals surface area contributed by atoms with E-state index in [0.717, 1.165) is 6.08 Å². The molecule has 0 bridgehead atoms. The Morgan fingerprint density at radius 1 is 0.971 bits per heavy atom. The smallest absolute Gasteiger partial charge is 0.244 e. The number of rotatable bonds is 15. The van der Waals surface area contributed by atoms with Crippen molar-refractivity contribution in [3.05, 3.63) is 41.7 Å². The van der Waals surface area contributed by atoms with Crippen molar-refractivity contribution in [1.29, 1.82) is 0 Å². The second-order valence-electron chi connectivity index (χ2n) is 7.93. The summed E-state index contributed by atoms with van der Waals surface area (Å²) in [7, 11) is 0. The van der Waals surface area contributed by atoms with E-state index in [1.807, 2.05) is 0 Å². The topological polar surface area (TPSA) is 200 Å². The van der Waals surface area contributed by atoms with Crippen LogP contribution in [-0.4, -0.2) is 54.2 Å². The zero-order chi connectivity index (χ0) is 26.4. The summed E-state index contributed by atoms with van der Waals surface area (Å²) in [4.78, 5) is 59.9. The van der Waals surface area contributed by atoms with Crippen molar-refractivity contribution in [3.8, 4) is 0 Å². The third-order valence-corrected chi connectivity index (χ3v) is 4.97. The first-order valence-corrected chi connectivity index (χ1v) is 11.2. The highest BCUT2D eigenvalue weighted by Gasteiger charge is 2.24. The molecular formula is C23H33FN6O5. The van der Waals surface area contributed by atoms with E-state index in [2.05, 4.69) is 16.0 Å². The molecule has 35 heavy (non-hydrogen) atoms. The fourth-order valence-electron chi connectivity index (χ4n) is 3.01. The minimum atomic E-state index is -1.18. The summed E-state index contributed by atoms with van der Waals surface area (Å²) in [5, 5.41) is 7.30. The minimum absolute atomic E-state index is 0.124. The lowest BCUT2D eigenvalue weighted by molar-refractivity contribution is -0.131. The normalized spacial score (nSPS) is 13.5. The van der Waals surface area contributed by atoms with Crippen LogP contribution in [0, 0.1) is 5.82 Å². The molecule has 1 aromatic rings. The number of nitrogens with two attached hydrogens (primary N) is 3. The molecule has 0 fully saturated rings. The van der Waals surface area contributed by atoms with Gasteiger partial charge in [0.25, 0.3) is 0 Å². The zero-order valence-corrected chi connectivity index (χ0v) is 19.6. The third-order valence-electron chi connectivity index (χ3n) is 4.97. The molecule has 0 radical (unpaired) electrons. The molecule has 0 aromatic heterocycles. The number of halogens is 1. The molecule has 0 aliphatic carbocycles. The highest BCUT2D eigenvalue weighted by atomic mass is 19.1. The molecule has 5 amide bonds. The molecule has 0 spiro atoms. The van der Waals surface area contributed by atoms with E-state index in [-0.39, 0.29) is 12.8 Å². The maximum absolute atomic E-state index is 13.2. The molecule has 1 aromatic carbocycles. The van der Waals surface area contributed by atoms with Gasteiger partial charge < -0.3 is 33.2 Å². The summed E-state index contributed by atoms with van der Waals surface area (Å²) in [6.07, 6.45) is 3.79. The van der Waals surface area contributed by atoms with Crippen LogP contribution < -0.4 is 33.2 Å². The third kappa shape index (κ3) is 11.8. The molecule has 0 saturated carbocycles. The monoisotopic (exact) mass is 492 g/mol. The Morgan fingerprint density at radius 2 is 1.63 bits per heavy atom. The summed E-state index contributed by atoms with van der Waals surface area (Å²) in [5.74, 6) is -3.86. The number of primary amides is 2. The Bertz CT molecular complexity index is 939. The molecule has 0 saturated heterocycles. The van der Waals surface area contributed by atoms with Crippen molar-refractivity contribution < 1.29 is 28.4 Å². The Hall–Kier alpha value is -3.80. The average Bonchev–Trinajstić information content (AvgIpc) is 2.79. The van der Waals surface area contributed by atoms with Crippen LogP contribution in [0.4, 0.5) is 4.39 Å². The quantitative estimate of drug-likeness (QED) is 0.137. The lowest BCUT2D eigenvalue weighted by Crippen LogP contribution is -2.52. The summed E-state index contributed by atoms with van der Waals surface area (Å²) in [6.45, 7) is 1.84. The number of hydrogen-bond acceptors (Lipinski definition) is 6. The Morgan fingerprint density at radius 3 is 2.23 bits per heavy atom. The lowest BCUT2D eigenvalue weighted by Gasteiger charge is -2.20. The number of hydrogen-bond donors (Lipinski definition) is 6. The molecule has 3 atom stereocenters. The summed E-state index contributed by atoms with van der Waals surface area (Å²) in [5.41, 5.74) is 16.5. The van der Waals surface area contributed by atoms with E-state index in [1.165, 1.54) is 31.2 Å². The van der Waals surface area contributed by atoms with Gasteiger partial charge in [-0.1, -0.05) is 12.1 Å². The van der Waals surface area contributed by atoms with E-state index in [9.17, 15) is 28.4 Å². The molecule has 0 aliphatic heterocycles. The largest absolute Gasteiger partial charge is 0.368 e. The van der Waals surface area contributed by atoms with Crippen LogP contribution >= 0.6 is 0 Å². The zero-order valence-electron chi connectivity index (χ0n) is 19.6. The minimum Gasteiger partial charge on any atom is -0.368 e. The molecule has 1 rings (SSSR count). The molecule has 9 N–H and O–H groups in total. The first kappa shape index (κ1) is 29.2. The van der Waals surface area contributed by atoms with Crippen molar-refractivity contribution in [1.82, 2.24) is 16.0 Å². The van der Waals surface area contributed by atoms with Crippen LogP contribution in [0.1, 0.15) is 44.6 Å². The number of nitrogens with one attached hydrogen (secondary N) is 3. The van der Waals surface area contributed by atoms with Gasteiger partial charge in [0.1, 0.15) is 23.9 Å². The van der Waals surface area contributed by atoms with Crippen LogP contribution in [0.5, 0.6) is 0 Å². The van der Waals surface area contributed by atoms with Gasteiger partial charge in [0, 0.05) is 12.5 Å². The number of unbranched alkanes of at least 4 members (excludes halogenated alkanes) is 1. The Kier molecular flexibility index (Phi) is 12.7. The highest BCUT2D eigenvalue weighted by Crippen LogP contribution is 2.06. The van der Waals surface area contributed by atoms with Crippen molar-refractivity contribution in [2.24, 2.45) is 17.2 Å². The predicted molar refractivity (Wildman–Crippen MR) is 127 cm³/mol. The average molecular weight is 493 g/mol. The van der Waals surface area contributed by atoms with Crippen molar-refractivity contribution in [3.63, 3.8) is 0 Å². The van der Waals surface area contributed by atoms with Crippen LogP contribution in [0.3, 0.4) is 0 Å². The van der Waals surface area contributed by atoms with E-state index >= 15 is 0 Å². The summed E-state index contributed by atoms with van der Waals surface area (Å²) < 4.78 is 13.2. The highest BCUT2D eigenvalue weighted by molar-refractivity contribution is 5.96. The fraction of sp³-hybridized carbons (Fsp3) is 0.435. The molecule has 11 nitrogen and oxygen atoms in total. The van der Waals surface area contributed by atoms with Gasteiger partial charge in [0.2, 0.25) is 29.5 Å². The van der Waals surface area contributed by atoms with Crippen molar-refractivity contribution in [2.45, 2.75) is 57.2 Å². The number of carbonyl (C=O) groups is 5. The number of amides is 5. The summed E-state index contributed by atoms with van der Waals surface area (Å²) >= 11 is 0. The van der Waals surface area contributed by atoms with Gasteiger partial charge in [-0.3, -0.25) is 24.0 Å². The van der Waals surface area contributed by atoms with E-state index in [4.69, 9.17) is 17.2 Å². The fourth-order valence-corrected chi connectivity index (χ4v) is 3.01. The Labute approximate surface area is 203 Å². The van der Waals surface area contributed by atoms with Gasteiger partial charge in [0.15, 0.2) is 0 Å². The van der Waals surface area contributed by atoms with Crippen molar-refractivity contribution in [2.75, 3.05) is 6.54 Å². The molecule has 192 valence electrons. The SMILES string of the molecule is CC(NC(=O)C=Cc1cccc(F)c1)C(=O)NC(CCC(=O)NC(CCCCN)C(N)=O)C(N)=O. The molecule has 12 heteroatoms. The van der Waals surface area contributed by atoms with E-state index in [0.29, 0.717) is 31.4 Å². The van der Waals surface area contributed by atoms with Gasteiger partial charge in [-0.25, -0.2) is 4.39 Å². The van der Waals surface area contributed by atoms with Gasteiger partial charge in [-0.2, -0.15) is 0 Å². The van der Waals surface area contributed by atoms with Crippen LogP contribution in [0.15, 0.2) is 30.3 Å². The van der Waals surface area contributed by atoms with Crippen LogP contribution in [0.25, 0.3) is 6.08 Å². The van der Waals surface area contributed by atoms with Gasteiger partial charge in [-0.15, -0.1) is 0 Å². The second-order valence-corrected chi connectivity index (χ2v) is 7.93. The van der Waals surface area contributed by atoms with Crippen molar-refractivity contribution >= 4 is 35.6 Å². The molecule has 0 aliphatic rings. The maximum Gasteiger partial charge on any atom is 0.244 e. The summed E-state index contributed by atoms with van der Waals surface area (Å²) in [6, 6.07) is 2.51. The van der Waals surface area contributed by atoms with Gasteiger partial charge in [-0.05, 0) is 62.9 Å². The Balaban J connectivity index is 2.57. The predicted octanol–water partition coefficient (Wildman–Crippen LogP) is -0.807. The standard InChI is InChI=1S/C23H33FN6O5/c1-14(28-19(31)10-8-15-5-4-6-16(24)13-15)23(35)30-18(22(27)34)9-11-20(32)29-17(21(26)33)7-2-3-12-25/h4-6,8,10,13-14,17-18H,2-3,7,9,11-12,25H2,1H3,(H2,26,33)(H2,27,34)(H,28,31)(H,29,32)(H,30,35). The number of benzene rings is 1. The molecular weight excluding hydrogens is 459 g/mol. The second kappa shape index (κ2) is 15.2. The molecule has 3 unspecified atom stereocenters. The van der Waals surface area contributed by atoms with E-state index in [1.54, 1.807) is 6.07 Å². The lowest BCUT2D eigenvalue weighted by atomic mass is 10.1. The van der Waals surface area contributed by atoms with E-state index < -0.39 is 53.5 Å². The van der Waals surface area contributed by atoms with Crippen LogP contribution in [-0.2, 0) is 24.0 Å². The molecule has 0 heterocycles. The van der Waals surface area contributed by atoms with Crippen LogP contribution in [0.2, 0.25) is 0 Å². The maximum atomic E-state index is 13.2. The van der Waals surface area contributed by atoms with Gasteiger partial charge >= 0.3 is 0 Å². The first-order valence-electron chi connectivity index (χ1n) is 11.2. The van der Waals surface area contributed by atoms with Gasteiger partial charge in [0.05, 0.1) is 0 Å². The first-order chi connectivity index (χ1) is 16.5.